The first-order valence-electron chi connectivity index (χ1n) is 20.4. The Hall–Kier alpha value is -5.70. The fourth-order valence-corrected chi connectivity index (χ4v) is 8.92. The lowest BCUT2D eigenvalue weighted by Gasteiger charge is -2.41. The SMILES string of the molecule is Cc1cc(C[C@@H](NC(=O)N2CCC(N3Cc4ccccc4NC3=O)CC2)C(=O)N[C@@H](CC2CCNCC2)C(=O)N2CCN(c3ccncc3)CC2)cc2cn[nH]c12. The number of urea groups is 2. The van der Waals surface area contributed by atoms with Crippen LogP contribution in [-0.4, -0.2) is 124 Å². The zero-order chi connectivity index (χ0) is 39.3. The minimum atomic E-state index is -0.935. The van der Waals surface area contributed by atoms with E-state index in [0.717, 1.165) is 64.9 Å². The van der Waals surface area contributed by atoms with E-state index in [-0.39, 0.29) is 42.3 Å². The van der Waals surface area contributed by atoms with Crippen molar-refractivity contribution in [2.45, 2.75) is 70.1 Å². The lowest BCUT2D eigenvalue weighted by Crippen LogP contribution is -2.59. The van der Waals surface area contributed by atoms with Gasteiger partial charge in [0.25, 0.3) is 0 Å². The maximum Gasteiger partial charge on any atom is 0.322 e. The third kappa shape index (κ3) is 8.83. The predicted octanol–water partition coefficient (Wildman–Crippen LogP) is 3.62. The number of pyridine rings is 1. The van der Waals surface area contributed by atoms with Crippen LogP contribution in [0.15, 0.2) is 67.1 Å². The molecule has 3 saturated heterocycles. The number of nitrogens with one attached hydrogen (secondary N) is 5. The number of carbonyl (C=O) groups excluding carboxylic acids is 4. The molecular weight excluding hydrogens is 723 g/mol. The quantitative estimate of drug-likeness (QED) is 0.163. The van der Waals surface area contributed by atoms with Gasteiger partial charge in [0, 0.05) is 87.4 Å². The lowest BCUT2D eigenvalue weighted by atomic mass is 9.90. The molecule has 0 unspecified atom stereocenters. The van der Waals surface area contributed by atoms with Gasteiger partial charge in [0.05, 0.1) is 11.7 Å². The Bertz CT molecular complexity index is 2050. The summed E-state index contributed by atoms with van der Waals surface area (Å²) in [5, 5.41) is 20.8. The van der Waals surface area contributed by atoms with Gasteiger partial charge in [0.15, 0.2) is 0 Å². The van der Waals surface area contributed by atoms with Gasteiger partial charge in [-0.3, -0.25) is 19.7 Å². The number of carbonyl (C=O) groups is 4. The normalized spacial score (nSPS) is 19.1. The molecule has 0 radical (unpaired) electrons. The molecule has 4 aliphatic rings. The molecule has 3 fully saturated rings. The average molecular weight is 776 g/mol. The van der Waals surface area contributed by atoms with Crippen molar-refractivity contribution in [3.05, 3.63) is 83.8 Å². The maximum atomic E-state index is 14.5. The summed E-state index contributed by atoms with van der Waals surface area (Å²) in [6.45, 7) is 7.63. The first-order chi connectivity index (χ1) is 27.8. The van der Waals surface area contributed by atoms with Crippen molar-refractivity contribution >= 4 is 46.2 Å². The zero-order valence-electron chi connectivity index (χ0n) is 32.6. The van der Waals surface area contributed by atoms with Gasteiger partial charge in [-0.05, 0) is 99.0 Å². The number of amides is 6. The molecule has 6 heterocycles. The maximum absolute atomic E-state index is 14.5. The second kappa shape index (κ2) is 17.2. The van der Waals surface area contributed by atoms with Crippen LogP contribution in [0.25, 0.3) is 10.9 Å². The van der Waals surface area contributed by atoms with Gasteiger partial charge in [-0.25, -0.2) is 9.59 Å². The molecule has 8 rings (SSSR count). The molecule has 4 aliphatic heterocycles. The number of hydrogen-bond acceptors (Lipinski definition) is 8. The van der Waals surface area contributed by atoms with E-state index < -0.39 is 12.1 Å². The van der Waals surface area contributed by atoms with Gasteiger partial charge >= 0.3 is 12.1 Å². The highest BCUT2D eigenvalue weighted by atomic mass is 16.2. The number of H-pyrrole nitrogens is 1. The monoisotopic (exact) mass is 775 g/mol. The number of piperidine rings is 2. The Kier molecular flexibility index (Phi) is 11.5. The van der Waals surface area contributed by atoms with Crippen LogP contribution in [0.5, 0.6) is 0 Å². The number of likely N-dealkylation sites (tertiary alicyclic amines) is 1. The fraction of sp³-hybridized carbons (Fsp3) is 0.476. The highest BCUT2D eigenvalue weighted by Crippen LogP contribution is 2.28. The highest BCUT2D eigenvalue weighted by molar-refractivity contribution is 5.93. The molecule has 300 valence electrons. The van der Waals surface area contributed by atoms with Crippen molar-refractivity contribution in [1.82, 2.24) is 45.8 Å². The lowest BCUT2D eigenvalue weighted by molar-refractivity contribution is -0.137. The third-order valence-corrected chi connectivity index (χ3v) is 12.2. The van der Waals surface area contributed by atoms with Crippen LogP contribution in [0.2, 0.25) is 0 Å². The minimum absolute atomic E-state index is 0.0144. The van der Waals surface area contributed by atoms with E-state index in [9.17, 15) is 19.2 Å². The van der Waals surface area contributed by atoms with E-state index >= 15 is 0 Å². The third-order valence-electron chi connectivity index (χ3n) is 12.2. The van der Waals surface area contributed by atoms with Crippen LogP contribution >= 0.6 is 0 Å². The van der Waals surface area contributed by atoms with E-state index in [1.54, 1.807) is 23.5 Å². The number of para-hydroxylation sites is 1. The smallest absolute Gasteiger partial charge is 0.322 e. The van der Waals surface area contributed by atoms with Crippen LogP contribution in [0.4, 0.5) is 21.0 Å². The van der Waals surface area contributed by atoms with Crippen LogP contribution in [0, 0.1) is 12.8 Å². The molecule has 2 aromatic heterocycles. The summed E-state index contributed by atoms with van der Waals surface area (Å²) in [6.07, 6.45) is 9.20. The van der Waals surface area contributed by atoms with Crippen molar-refractivity contribution in [1.29, 1.82) is 0 Å². The molecule has 57 heavy (non-hydrogen) atoms. The number of rotatable bonds is 10. The largest absolute Gasteiger partial charge is 0.368 e. The average Bonchev–Trinajstić information content (AvgIpc) is 3.73. The number of fused-ring (bicyclic) bond motifs is 2. The summed E-state index contributed by atoms with van der Waals surface area (Å²) in [5.41, 5.74) is 5.77. The number of benzene rings is 2. The van der Waals surface area contributed by atoms with Crippen LogP contribution < -0.4 is 26.2 Å². The first-order valence-corrected chi connectivity index (χ1v) is 20.4. The Balaban J connectivity index is 0.967. The van der Waals surface area contributed by atoms with E-state index in [4.69, 9.17) is 0 Å². The Labute approximate surface area is 332 Å². The summed E-state index contributed by atoms with van der Waals surface area (Å²) >= 11 is 0. The first kappa shape index (κ1) is 38.2. The van der Waals surface area contributed by atoms with Gasteiger partial charge in [-0.1, -0.05) is 24.3 Å². The van der Waals surface area contributed by atoms with Crippen molar-refractivity contribution in [3.8, 4) is 0 Å². The highest BCUT2D eigenvalue weighted by Gasteiger charge is 2.36. The number of piperazine rings is 1. The molecule has 0 bridgehead atoms. The number of anilines is 2. The van der Waals surface area contributed by atoms with Crippen LogP contribution in [0.3, 0.4) is 0 Å². The van der Waals surface area contributed by atoms with Crippen molar-refractivity contribution in [3.63, 3.8) is 0 Å². The van der Waals surface area contributed by atoms with Crippen LogP contribution in [-0.2, 0) is 22.6 Å². The van der Waals surface area contributed by atoms with Crippen molar-refractivity contribution in [2.24, 2.45) is 5.92 Å². The fourth-order valence-electron chi connectivity index (χ4n) is 8.92. The second-order valence-corrected chi connectivity index (χ2v) is 15.9. The molecule has 0 saturated carbocycles. The molecule has 5 N–H and O–H groups in total. The number of aromatic nitrogens is 3. The topological polar surface area (TPSA) is 171 Å². The van der Waals surface area contributed by atoms with Gasteiger partial charge in [-0.2, -0.15) is 5.10 Å². The summed E-state index contributed by atoms with van der Waals surface area (Å²) < 4.78 is 0. The van der Waals surface area contributed by atoms with E-state index in [2.05, 4.69) is 41.3 Å². The molecule has 2 aromatic carbocycles. The molecule has 6 amide bonds. The summed E-state index contributed by atoms with van der Waals surface area (Å²) in [7, 11) is 0. The summed E-state index contributed by atoms with van der Waals surface area (Å²) in [4.78, 5) is 67.8. The Morgan fingerprint density at radius 2 is 1.63 bits per heavy atom. The summed E-state index contributed by atoms with van der Waals surface area (Å²) in [5.74, 6) is -0.174. The molecule has 0 spiro atoms. The summed E-state index contributed by atoms with van der Waals surface area (Å²) in [6, 6.07) is 13.7. The standard InChI is InChI=1S/C42H53N11O4/c1-28-22-30(23-32-26-45-49-38(28)32)25-36(48-41(56)52-16-10-34(11-17-52)53-27-31-4-2-3-5-35(31)47-42(53)57)39(54)46-37(24-29-6-12-43-13-7-29)40(55)51-20-18-50(19-21-51)33-8-14-44-15-9-33/h2-5,8-9,14-15,22-23,26,29,34,36-37,43H,6-7,10-13,16-21,24-25,27H2,1H3,(H,45,49)(H,46,54)(H,47,57)(H,48,56)/t36-,37+/m1/s1. The van der Waals surface area contributed by atoms with Crippen LogP contribution in [0.1, 0.15) is 48.8 Å². The number of nitrogens with zero attached hydrogens (tertiary/aromatic N) is 6. The molecule has 4 aromatic rings. The van der Waals surface area contributed by atoms with Gasteiger partial charge < -0.3 is 40.9 Å². The minimum Gasteiger partial charge on any atom is -0.368 e. The molecule has 15 nitrogen and oxygen atoms in total. The van der Waals surface area contributed by atoms with Gasteiger partial charge in [0.2, 0.25) is 11.8 Å². The van der Waals surface area contributed by atoms with E-state index in [0.29, 0.717) is 65.1 Å². The van der Waals surface area contributed by atoms with Gasteiger partial charge in [0.1, 0.15) is 12.1 Å². The van der Waals surface area contributed by atoms with Gasteiger partial charge in [-0.15, -0.1) is 0 Å². The second-order valence-electron chi connectivity index (χ2n) is 15.9. The number of hydrogen-bond donors (Lipinski definition) is 5. The molecule has 0 aliphatic carbocycles. The van der Waals surface area contributed by atoms with E-state index in [1.165, 1.54) is 0 Å². The number of aromatic amines is 1. The molecule has 15 heteroatoms. The van der Waals surface area contributed by atoms with Crippen molar-refractivity contribution < 1.29 is 19.2 Å². The number of aryl methyl sites for hydroxylation is 1. The zero-order valence-corrected chi connectivity index (χ0v) is 32.6. The molecule has 2 atom stereocenters. The predicted molar refractivity (Wildman–Crippen MR) is 218 cm³/mol. The Morgan fingerprint density at radius 1 is 0.877 bits per heavy atom. The molecular formula is C42H53N11O4. The Morgan fingerprint density at radius 3 is 2.40 bits per heavy atom. The van der Waals surface area contributed by atoms with E-state index in [1.807, 2.05) is 65.3 Å². The van der Waals surface area contributed by atoms with Crippen molar-refractivity contribution in [2.75, 3.05) is 62.6 Å².